The minimum atomic E-state index is -0.282. The Hall–Kier alpha value is -3.77. The molecule has 0 aliphatic rings. The van der Waals surface area contributed by atoms with Gasteiger partial charge in [-0.2, -0.15) is 0 Å². The van der Waals surface area contributed by atoms with Crippen LogP contribution in [-0.2, 0) is 4.79 Å². The van der Waals surface area contributed by atoms with Crippen molar-refractivity contribution in [2.24, 2.45) is 0 Å². The number of rotatable bonds is 10. The molecule has 1 N–H and O–H groups in total. The first-order valence-corrected chi connectivity index (χ1v) is 11.7. The molecule has 0 bridgehead atoms. The molecule has 0 unspecified atom stereocenters. The molecule has 0 radical (unpaired) electrons. The van der Waals surface area contributed by atoms with Crippen LogP contribution in [-0.4, -0.2) is 25.7 Å². The van der Waals surface area contributed by atoms with Crippen LogP contribution in [0.1, 0.15) is 0 Å². The van der Waals surface area contributed by atoms with E-state index in [0.29, 0.717) is 30.4 Å². The van der Waals surface area contributed by atoms with Gasteiger partial charge in [-0.25, -0.2) is 0 Å². The summed E-state index contributed by atoms with van der Waals surface area (Å²) in [6.07, 6.45) is 0. The van der Waals surface area contributed by atoms with Gasteiger partial charge in [-0.15, -0.1) is 0 Å². The van der Waals surface area contributed by atoms with Crippen LogP contribution >= 0.6 is 15.9 Å². The maximum atomic E-state index is 12.5. The van der Waals surface area contributed by atoms with Crippen molar-refractivity contribution >= 4 is 27.5 Å². The summed E-state index contributed by atoms with van der Waals surface area (Å²) in [5.41, 5.74) is 2.75. The number of halogens is 1. The number of anilines is 1. The molecule has 172 valence electrons. The summed E-state index contributed by atoms with van der Waals surface area (Å²) in [7, 11) is 0. The quantitative estimate of drug-likeness (QED) is 0.241. The molecule has 0 saturated heterocycles. The van der Waals surface area contributed by atoms with E-state index in [2.05, 4.69) is 21.2 Å². The van der Waals surface area contributed by atoms with Gasteiger partial charge in [-0.1, -0.05) is 66.7 Å². The summed E-state index contributed by atoms with van der Waals surface area (Å²) in [6.45, 7) is 0.607. The number of benzene rings is 4. The normalized spacial score (nSPS) is 10.4. The summed E-state index contributed by atoms with van der Waals surface area (Å²) in [5.74, 6) is 1.67. The van der Waals surface area contributed by atoms with Crippen LogP contribution in [0.4, 0.5) is 5.69 Å². The van der Waals surface area contributed by atoms with Crippen molar-refractivity contribution in [2.75, 3.05) is 25.1 Å². The van der Waals surface area contributed by atoms with Crippen LogP contribution in [0.15, 0.2) is 108 Å². The fourth-order valence-corrected chi connectivity index (χ4v) is 3.77. The highest BCUT2D eigenvalue weighted by Crippen LogP contribution is 2.31. The summed E-state index contributed by atoms with van der Waals surface area (Å²) in [4.78, 5) is 12.5. The Morgan fingerprint density at radius 3 is 2.12 bits per heavy atom. The van der Waals surface area contributed by atoms with Gasteiger partial charge in [0.2, 0.25) is 0 Å². The molecular formula is C28H24BrNO4. The second kappa shape index (κ2) is 11.9. The standard InChI is InChI=1S/C28H24BrNO4/c29-24-19-22(21-9-3-1-4-10-21)15-16-26(24)34-20-28(31)30-25-13-7-8-14-27(25)33-18-17-32-23-11-5-2-6-12-23/h1-16,19H,17-18,20H2,(H,30,31). The van der Waals surface area contributed by atoms with Crippen molar-refractivity contribution in [1.29, 1.82) is 0 Å². The Bertz CT molecular complexity index is 1220. The fourth-order valence-electron chi connectivity index (χ4n) is 3.28. The van der Waals surface area contributed by atoms with E-state index < -0.39 is 0 Å². The molecule has 4 aromatic carbocycles. The van der Waals surface area contributed by atoms with Gasteiger partial charge >= 0.3 is 0 Å². The van der Waals surface area contributed by atoms with E-state index in [-0.39, 0.29) is 12.5 Å². The highest BCUT2D eigenvalue weighted by atomic mass is 79.9. The Morgan fingerprint density at radius 1 is 0.676 bits per heavy atom. The summed E-state index contributed by atoms with van der Waals surface area (Å²) >= 11 is 3.54. The lowest BCUT2D eigenvalue weighted by Gasteiger charge is -2.14. The Kier molecular flexibility index (Phi) is 8.19. The number of para-hydroxylation sites is 3. The molecule has 4 aromatic rings. The van der Waals surface area contributed by atoms with Crippen molar-refractivity contribution in [2.45, 2.75) is 0 Å². The predicted molar refractivity (Wildman–Crippen MR) is 138 cm³/mol. The Labute approximate surface area is 207 Å². The molecule has 0 aliphatic carbocycles. The third-order valence-corrected chi connectivity index (χ3v) is 5.53. The van der Waals surface area contributed by atoms with Crippen molar-refractivity contribution in [3.05, 3.63) is 108 Å². The van der Waals surface area contributed by atoms with Crippen LogP contribution in [0.2, 0.25) is 0 Å². The lowest BCUT2D eigenvalue weighted by Crippen LogP contribution is -2.21. The monoisotopic (exact) mass is 517 g/mol. The molecule has 1 amide bonds. The molecule has 4 rings (SSSR count). The number of nitrogens with one attached hydrogen (secondary N) is 1. The number of amides is 1. The topological polar surface area (TPSA) is 56.8 Å². The van der Waals surface area contributed by atoms with Crippen LogP contribution in [0, 0.1) is 0 Å². The SMILES string of the molecule is O=C(COc1ccc(-c2ccccc2)cc1Br)Nc1ccccc1OCCOc1ccccc1. The Morgan fingerprint density at radius 2 is 1.35 bits per heavy atom. The second-order valence-corrected chi connectivity index (χ2v) is 8.21. The van der Waals surface area contributed by atoms with Gasteiger partial charge in [0, 0.05) is 0 Å². The third-order valence-electron chi connectivity index (χ3n) is 4.91. The lowest BCUT2D eigenvalue weighted by atomic mass is 10.1. The van der Waals surface area contributed by atoms with Crippen molar-refractivity contribution in [1.82, 2.24) is 0 Å². The van der Waals surface area contributed by atoms with E-state index in [0.717, 1.165) is 21.3 Å². The molecule has 6 heteroatoms. The third kappa shape index (κ3) is 6.62. The summed E-state index contributed by atoms with van der Waals surface area (Å²) in [5, 5.41) is 2.85. The van der Waals surface area contributed by atoms with Gasteiger partial charge in [0.05, 0.1) is 10.2 Å². The van der Waals surface area contributed by atoms with E-state index in [1.54, 1.807) is 12.1 Å². The molecular weight excluding hydrogens is 494 g/mol. The molecule has 5 nitrogen and oxygen atoms in total. The smallest absolute Gasteiger partial charge is 0.262 e. The van der Waals surface area contributed by atoms with Crippen LogP contribution in [0.25, 0.3) is 11.1 Å². The number of carbonyl (C=O) groups is 1. The maximum Gasteiger partial charge on any atom is 0.262 e. The minimum Gasteiger partial charge on any atom is -0.490 e. The molecule has 0 aromatic heterocycles. The molecule has 0 heterocycles. The molecule has 34 heavy (non-hydrogen) atoms. The highest BCUT2D eigenvalue weighted by molar-refractivity contribution is 9.10. The number of hydrogen-bond acceptors (Lipinski definition) is 4. The fraction of sp³-hybridized carbons (Fsp3) is 0.107. The lowest BCUT2D eigenvalue weighted by molar-refractivity contribution is -0.118. The first-order valence-electron chi connectivity index (χ1n) is 10.9. The minimum absolute atomic E-state index is 0.130. The van der Waals surface area contributed by atoms with E-state index in [1.807, 2.05) is 91.0 Å². The second-order valence-electron chi connectivity index (χ2n) is 7.35. The van der Waals surface area contributed by atoms with Crippen LogP contribution in [0.5, 0.6) is 17.2 Å². The molecule has 0 saturated carbocycles. The van der Waals surface area contributed by atoms with Gasteiger partial charge < -0.3 is 19.5 Å². The average molecular weight is 518 g/mol. The number of ether oxygens (including phenoxy) is 3. The average Bonchev–Trinajstić information content (AvgIpc) is 2.88. The Balaban J connectivity index is 1.28. The molecule has 0 atom stereocenters. The summed E-state index contributed by atoms with van der Waals surface area (Å²) in [6, 6.07) is 32.7. The molecule has 0 fully saturated rings. The van der Waals surface area contributed by atoms with Gasteiger partial charge in [0.25, 0.3) is 5.91 Å². The van der Waals surface area contributed by atoms with E-state index >= 15 is 0 Å². The van der Waals surface area contributed by atoms with Gasteiger partial charge in [-0.3, -0.25) is 4.79 Å². The molecule has 0 spiro atoms. The zero-order valence-electron chi connectivity index (χ0n) is 18.4. The zero-order valence-corrected chi connectivity index (χ0v) is 20.0. The summed E-state index contributed by atoms with van der Waals surface area (Å²) < 4.78 is 18.0. The largest absolute Gasteiger partial charge is 0.490 e. The predicted octanol–water partition coefficient (Wildman–Crippen LogP) is 6.59. The number of carbonyl (C=O) groups excluding carboxylic acids is 1. The number of hydrogen-bond donors (Lipinski definition) is 1. The highest BCUT2D eigenvalue weighted by Gasteiger charge is 2.11. The van der Waals surface area contributed by atoms with Gasteiger partial charge in [-0.05, 0) is 63.5 Å². The van der Waals surface area contributed by atoms with E-state index in [9.17, 15) is 4.79 Å². The van der Waals surface area contributed by atoms with Crippen molar-refractivity contribution in [3.63, 3.8) is 0 Å². The van der Waals surface area contributed by atoms with Crippen LogP contribution < -0.4 is 19.5 Å². The van der Waals surface area contributed by atoms with E-state index in [4.69, 9.17) is 14.2 Å². The molecule has 0 aliphatic heterocycles. The first-order chi connectivity index (χ1) is 16.7. The maximum absolute atomic E-state index is 12.5. The van der Waals surface area contributed by atoms with Crippen molar-refractivity contribution < 1.29 is 19.0 Å². The first kappa shape index (κ1) is 23.4. The van der Waals surface area contributed by atoms with Gasteiger partial charge in [0.15, 0.2) is 6.61 Å². The van der Waals surface area contributed by atoms with E-state index in [1.165, 1.54) is 0 Å². The van der Waals surface area contributed by atoms with Crippen LogP contribution in [0.3, 0.4) is 0 Å². The van der Waals surface area contributed by atoms with Gasteiger partial charge in [0.1, 0.15) is 30.5 Å². The van der Waals surface area contributed by atoms with Crippen molar-refractivity contribution in [3.8, 4) is 28.4 Å². The zero-order chi connectivity index (χ0) is 23.6.